The van der Waals surface area contributed by atoms with Gasteiger partial charge < -0.3 is 4.74 Å². The molecule has 2 rings (SSSR count). The largest absolute Gasteiger partial charge is 0.496 e. The number of hydrogen-bond donors (Lipinski definition) is 0. The molecular formula is C13H13N3O. The van der Waals surface area contributed by atoms with Crippen LogP contribution in [-0.4, -0.2) is 16.9 Å². The quantitative estimate of drug-likeness (QED) is 0.806. The van der Waals surface area contributed by atoms with Crippen molar-refractivity contribution in [2.75, 3.05) is 7.11 Å². The summed E-state index contributed by atoms with van der Waals surface area (Å²) < 4.78 is 7.06. The lowest BCUT2D eigenvalue weighted by molar-refractivity contribution is 0.416. The number of hydrogen-bond acceptors (Lipinski definition) is 3. The minimum Gasteiger partial charge on any atom is -0.496 e. The van der Waals surface area contributed by atoms with Crippen molar-refractivity contribution in [3.8, 4) is 23.1 Å². The maximum Gasteiger partial charge on any atom is 0.128 e. The number of ether oxygens (including phenoxy) is 1. The lowest BCUT2D eigenvalue weighted by Gasteiger charge is -2.05. The first-order chi connectivity index (χ1) is 8.35. The van der Waals surface area contributed by atoms with Gasteiger partial charge in [0.05, 0.1) is 31.8 Å². The molecule has 0 aliphatic rings. The molecule has 0 saturated carbocycles. The van der Waals surface area contributed by atoms with E-state index in [4.69, 9.17) is 10.00 Å². The number of para-hydroxylation sites is 1. The third-order valence-electron chi connectivity index (χ3n) is 2.48. The number of aryl methyl sites for hydroxylation is 1. The Kier molecular flexibility index (Phi) is 3.41. The number of rotatable bonds is 4. The van der Waals surface area contributed by atoms with Gasteiger partial charge in [0, 0.05) is 11.8 Å². The molecule has 0 fully saturated rings. The van der Waals surface area contributed by atoms with Crippen LogP contribution >= 0.6 is 0 Å². The molecule has 0 aliphatic carbocycles. The van der Waals surface area contributed by atoms with Crippen molar-refractivity contribution in [3.05, 3.63) is 36.5 Å². The van der Waals surface area contributed by atoms with E-state index in [2.05, 4.69) is 11.2 Å². The maximum absolute atomic E-state index is 8.52. The number of aromatic nitrogens is 2. The van der Waals surface area contributed by atoms with Gasteiger partial charge in [-0.2, -0.15) is 10.4 Å². The zero-order valence-corrected chi connectivity index (χ0v) is 9.63. The molecule has 0 radical (unpaired) electrons. The maximum atomic E-state index is 8.52. The van der Waals surface area contributed by atoms with Gasteiger partial charge in [0.15, 0.2) is 0 Å². The van der Waals surface area contributed by atoms with E-state index in [0.29, 0.717) is 13.0 Å². The Balaban J connectivity index is 2.28. The van der Waals surface area contributed by atoms with E-state index in [9.17, 15) is 0 Å². The molecule has 1 heterocycles. The summed E-state index contributed by atoms with van der Waals surface area (Å²) in [5.41, 5.74) is 1.83. The van der Waals surface area contributed by atoms with Gasteiger partial charge in [0.2, 0.25) is 0 Å². The van der Waals surface area contributed by atoms with Crippen molar-refractivity contribution in [2.24, 2.45) is 0 Å². The summed E-state index contributed by atoms with van der Waals surface area (Å²) in [4.78, 5) is 0. The monoisotopic (exact) mass is 227 g/mol. The summed E-state index contributed by atoms with van der Waals surface area (Å²) in [5.74, 6) is 0.804. The van der Waals surface area contributed by atoms with Gasteiger partial charge in [0.25, 0.3) is 0 Å². The molecule has 17 heavy (non-hydrogen) atoms. The van der Waals surface area contributed by atoms with E-state index in [0.717, 1.165) is 17.0 Å². The smallest absolute Gasteiger partial charge is 0.128 e. The predicted octanol–water partition coefficient (Wildman–Crippen LogP) is 2.47. The first-order valence-electron chi connectivity index (χ1n) is 5.39. The number of nitrogens with zero attached hydrogens (tertiary/aromatic N) is 3. The van der Waals surface area contributed by atoms with Crippen LogP contribution in [0.2, 0.25) is 0 Å². The second-order valence-electron chi connectivity index (χ2n) is 3.57. The fraction of sp³-hybridized carbons (Fsp3) is 0.231. The van der Waals surface area contributed by atoms with Gasteiger partial charge in [-0.15, -0.1) is 0 Å². The normalized spacial score (nSPS) is 9.88. The Morgan fingerprint density at radius 3 is 2.94 bits per heavy atom. The van der Waals surface area contributed by atoms with Gasteiger partial charge in [-0.3, -0.25) is 4.68 Å². The molecule has 0 bridgehead atoms. The molecule has 0 atom stereocenters. The zero-order valence-electron chi connectivity index (χ0n) is 9.63. The molecule has 0 saturated heterocycles. The van der Waals surface area contributed by atoms with Gasteiger partial charge in [-0.25, -0.2) is 0 Å². The SMILES string of the molecule is COc1ccccc1-c1ccn(CCC#N)n1. The van der Waals surface area contributed by atoms with E-state index < -0.39 is 0 Å². The Hall–Kier alpha value is -2.28. The topological polar surface area (TPSA) is 50.8 Å². The average molecular weight is 227 g/mol. The molecule has 4 nitrogen and oxygen atoms in total. The molecule has 2 aromatic rings. The highest BCUT2D eigenvalue weighted by Crippen LogP contribution is 2.27. The second kappa shape index (κ2) is 5.17. The number of nitriles is 1. The van der Waals surface area contributed by atoms with Crippen LogP contribution in [0.1, 0.15) is 6.42 Å². The standard InChI is InChI=1S/C13H13N3O/c1-17-13-6-3-2-5-11(13)12-7-10-16(15-12)9-4-8-14/h2-3,5-7,10H,4,9H2,1H3. The van der Waals surface area contributed by atoms with Crippen molar-refractivity contribution in [2.45, 2.75) is 13.0 Å². The average Bonchev–Trinajstić information content (AvgIpc) is 2.85. The van der Waals surface area contributed by atoms with E-state index in [1.54, 1.807) is 11.8 Å². The molecule has 0 aliphatic heterocycles. The first-order valence-corrected chi connectivity index (χ1v) is 5.39. The molecule has 0 N–H and O–H groups in total. The summed E-state index contributed by atoms with van der Waals surface area (Å²) in [6.45, 7) is 0.617. The van der Waals surface area contributed by atoms with Gasteiger partial charge in [0.1, 0.15) is 5.75 Å². The van der Waals surface area contributed by atoms with Crippen LogP contribution in [0.15, 0.2) is 36.5 Å². The van der Waals surface area contributed by atoms with Crippen molar-refractivity contribution in [3.63, 3.8) is 0 Å². The first kappa shape index (κ1) is 11.2. The Morgan fingerprint density at radius 1 is 1.35 bits per heavy atom. The molecule has 86 valence electrons. The summed E-state index contributed by atoms with van der Waals surface area (Å²) in [7, 11) is 1.64. The minimum atomic E-state index is 0.465. The second-order valence-corrected chi connectivity index (χ2v) is 3.57. The van der Waals surface area contributed by atoms with Crippen molar-refractivity contribution in [1.29, 1.82) is 5.26 Å². The van der Waals surface area contributed by atoms with E-state index in [1.807, 2.05) is 36.5 Å². The van der Waals surface area contributed by atoms with E-state index in [-0.39, 0.29) is 0 Å². The fourth-order valence-corrected chi connectivity index (χ4v) is 1.65. The molecule has 1 aromatic carbocycles. The van der Waals surface area contributed by atoms with Crippen molar-refractivity contribution < 1.29 is 4.74 Å². The summed E-state index contributed by atoms with van der Waals surface area (Å²) in [6, 6.07) is 11.8. The Labute approximate surface area is 100 Å². The van der Waals surface area contributed by atoms with Crippen LogP contribution in [-0.2, 0) is 6.54 Å². The molecule has 0 amide bonds. The van der Waals surface area contributed by atoms with Crippen LogP contribution in [0.25, 0.3) is 11.3 Å². The van der Waals surface area contributed by atoms with Crippen LogP contribution in [0.5, 0.6) is 5.75 Å². The van der Waals surface area contributed by atoms with Gasteiger partial charge >= 0.3 is 0 Å². The number of benzene rings is 1. The predicted molar refractivity (Wildman–Crippen MR) is 64.4 cm³/mol. The summed E-state index contributed by atoms with van der Waals surface area (Å²) in [5, 5.41) is 12.9. The highest BCUT2D eigenvalue weighted by molar-refractivity contribution is 5.66. The zero-order chi connectivity index (χ0) is 12.1. The summed E-state index contributed by atoms with van der Waals surface area (Å²) in [6.07, 6.45) is 2.34. The van der Waals surface area contributed by atoms with Gasteiger partial charge in [-0.05, 0) is 18.2 Å². The molecule has 0 spiro atoms. The van der Waals surface area contributed by atoms with Crippen LogP contribution in [0.4, 0.5) is 0 Å². The number of methoxy groups -OCH3 is 1. The molecule has 4 heteroatoms. The minimum absolute atomic E-state index is 0.465. The Morgan fingerprint density at radius 2 is 2.18 bits per heavy atom. The Bertz CT molecular complexity index is 540. The van der Waals surface area contributed by atoms with E-state index in [1.165, 1.54) is 0 Å². The highest BCUT2D eigenvalue weighted by atomic mass is 16.5. The van der Waals surface area contributed by atoms with Crippen molar-refractivity contribution >= 4 is 0 Å². The van der Waals surface area contributed by atoms with E-state index >= 15 is 0 Å². The van der Waals surface area contributed by atoms with Crippen LogP contribution < -0.4 is 4.74 Å². The lowest BCUT2D eigenvalue weighted by atomic mass is 10.1. The van der Waals surface area contributed by atoms with Crippen molar-refractivity contribution in [1.82, 2.24) is 9.78 Å². The van der Waals surface area contributed by atoms with Crippen LogP contribution in [0.3, 0.4) is 0 Å². The molecule has 1 aromatic heterocycles. The van der Waals surface area contributed by atoms with Gasteiger partial charge in [-0.1, -0.05) is 12.1 Å². The van der Waals surface area contributed by atoms with Crippen LogP contribution in [0, 0.1) is 11.3 Å². The third-order valence-corrected chi connectivity index (χ3v) is 2.48. The highest BCUT2D eigenvalue weighted by Gasteiger charge is 2.07. The molecule has 0 unspecified atom stereocenters. The fourth-order valence-electron chi connectivity index (χ4n) is 1.65. The third kappa shape index (κ3) is 2.45. The summed E-state index contributed by atoms with van der Waals surface area (Å²) >= 11 is 0. The molecular weight excluding hydrogens is 214 g/mol. The lowest BCUT2D eigenvalue weighted by Crippen LogP contribution is -1.97.